The molecular formula is C16H13NO2. The average molecular weight is 251 g/mol. The molecular weight excluding hydrogens is 238 g/mol. The van der Waals surface area contributed by atoms with Crippen molar-refractivity contribution in [1.82, 2.24) is 0 Å². The Morgan fingerprint density at radius 3 is 2.05 bits per heavy atom. The zero-order chi connectivity index (χ0) is 13.2. The number of nitrogens with zero attached hydrogens (tertiary/aromatic N) is 1. The van der Waals surface area contributed by atoms with Crippen molar-refractivity contribution in [2.45, 2.75) is 12.8 Å². The zero-order valence-electron chi connectivity index (χ0n) is 10.4. The van der Waals surface area contributed by atoms with E-state index >= 15 is 0 Å². The lowest BCUT2D eigenvalue weighted by atomic mass is 10.1. The monoisotopic (exact) mass is 251 g/mol. The van der Waals surface area contributed by atoms with Crippen LogP contribution in [-0.4, -0.2) is 11.8 Å². The van der Waals surface area contributed by atoms with E-state index in [1.165, 1.54) is 4.90 Å². The number of hydrogen-bond acceptors (Lipinski definition) is 2. The summed E-state index contributed by atoms with van der Waals surface area (Å²) in [5.41, 5.74) is 2.74. The fraction of sp³-hybridized carbons (Fsp3) is 0.125. The van der Waals surface area contributed by atoms with Crippen LogP contribution in [0, 0.1) is 0 Å². The number of amides is 2. The maximum Gasteiger partial charge on any atom is 0.234 e. The minimum atomic E-state index is -0.116. The molecule has 3 heteroatoms. The van der Waals surface area contributed by atoms with Gasteiger partial charge in [0.25, 0.3) is 0 Å². The van der Waals surface area contributed by atoms with Crippen LogP contribution < -0.4 is 4.90 Å². The highest BCUT2D eigenvalue weighted by Crippen LogP contribution is 2.27. The largest absolute Gasteiger partial charge is 0.274 e. The molecule has 0 unspecified atom stereocenters. The van der Waals surface area contributed by atoms with Crippen LogP contribution in [0.3, 0.4) is 0 Å². The first-order chi connectivity index (χ1) is 9.25. The molecule has 2 amide bonds. The number of anilines is 1. The van der Waals surface area contributed by atoms with Crippen molar-refractivity contribution in [3.63, 3.8) is 0 Å². The molecule has 0 N–H and O–H groups in total. The first kappa shape index (κ1) is 11.7. The van der Waals surface area contributed by atoms with E-state index in [9.17, 15) is 9.59 Å². The summed E-state index contributed by atoms with van der Waals surface area (Å²) in [5, 5.41) is 0. The van der Waals surface area contributed by atoms with Crippen LogP contribution in [0.1, 0.15) is 12.8 Å². The molecule has 94 valence electrons. The Kier molecular flexibility index (Phi) is 2.88. The van der Waals surface area contributed by atoms with Gasteiger partial charge in [-0.3, -0.25) is 14.5 Å². The summed E-state index contributed by atoms with van der Waals surface area (Å²) in [5.74, 6) is -0.231. The Balaban J connectivity index is 2.01. The molecule has 0 bridgehead atoms. The minimum Gasteiger partial charge on any atom is -0.274 e. The molecule has 1 heterocycles. The highest BCUT2D eigenvalue weighted by molar-refractivity contribution is 6.19. The van der Waals surface area contributed by atoms with Crippen molar-refractivity contribution in [3.8, 4) is 11.1 Å². The van der Waals surface area contributed by atoms with Crippen LogP contribution >= 0.6 is 0 Å². The topological polar surface area (TPSA) is 37.4 Å². The summed E-state index contributed by atoms with van der Waals surface area (Å²) < 4.78 is 0. The van der Waals surface area contributed by atoms with Gasteiger partial charge >= 0.3 is 0 Å². The van der Waals surface area contributed by atoms with Crippen LogP contribution in [0.4, 0.5) is 5.69 Å². The Hall–Kier alpha value is -2.42. The molecule has 2 aromatic rings. The van der Waals surface area contributed by atoms with Gasteiger partial charge < -0.3 is 0 Å². The molecule has 19 heavy (non-hydrogen) atoms. The van der Waals surface area contributed by atoms with Crippen LogP contribution in [0.25, 0.3) is 11.1 Å². The van der Waals surface area contributed by atoms with Gasteiger partial charge in [-0.05, 0) is 23.3 Å². The Labute approximate surface area is 111 Å². The highest BCUT2D eigenvalue weighted by Gasteiger charge is 2.30. The van der Waals surface area contributed by atoms with E-state index in [4.69, 9.17) is 0 Å². The van der Waals surface area contributed by atoms with E-state index < -0.39 is 0 Å². The summed E-state index contributed by atoms with van der Waals surface area (Å²) in [4.78, 5) is 24.8. The van der Waals surface area contributed by atoms with Gasteiger partial charge in [-0.2, -0.15) is 0 Å². The third kappa shape index (κ3) is 2.15. The number of hydrogen-bond donors (Lipinski definition) is 0. The van der Waals surface area contributed by atoms with Crippen LogP contribution in [0.15, 0.2) is 54.6 Å². The predicted octanol–water partition coefficient (Wildman–Crippen LogP) is 3.01. The van der Waals surface area contributed by atoms with Crippen molar-refractivity contribution in [3.05, 3.63) is 54.6 Å². The van der Waals surface area contributed by atoms with Gasteiger partial charge in [0.15, 0.2) is 0 Å². The molecule has 0 spiro atoms. The number of benzene rings is 2. The summed E-state index contributed by atoms with van der Waals surface area (Å²) in [7, 11) is 0. The molecule has 0 atom stereocenters. The number of rotatable bonds is 2. The molecule has 0 saturated carbocycles. The number of carbonyl (C=O) groups excluding carboxylic acids is 2. The maximum atomic E-state index is 11.7. The summed E-state index contributed by atoms with van der Waals surface area (Å²) in [6.45, 7) is 0. The van der Waals surface area contributed by atoms with Gasteiger partial charge in [-0.1, -0.05) is 42.5 Å². The molecule has 0 aromatic heterocycles. The fourth-order valence-electron chi connectivity index (χ4n) is 2.32. The Bertz CT molecular complexity index is 618. The van der Waals surface area contributed by atoms with Gasteiger partial charge in [0.2, 0.25) is 11.8 Å². The smallest absolute Gasteiger partial charge is 0.234 e. The van der Waals surface area contributed by atoms with Crippen molar-refractivity contribution >= 4 is 17.5 Å². The molecule has 2 aromatic carbocycles. The second kappa shape index (κ2) is 4.69. The normalized spacial score (nSPS) is 15.1. The first-order valence-electron chi connectivity index (χ1n) is 6.27. The highest BCUT2D eigenvalue weighted by atomic mass is 16.2. The van der Waals surface area contributed by atoms with E-state index in [0.29, 0.717) is 18.5 Å². The minimum absolute atomic E-state index is 0.116. The van der Waals surface area contributed by atoms with E-state index in [1.807, 2.05) is 48.5 Å². The molecule has 1 fully saturated rings. The third-order valence-electron chi connectivity index (χ3n) is 3.26. The fourth-order valence-corrected chi connectivity index (χ4v) is 2.32. The van der Waals surface area contributed by atoms with Crippen molar-refractivity contribution < 1.29 is 9.59 Å². The van der Waals surface area contributed by atoms with Crippen LogP contribution in [-0.2, 0) is 9.59 Å². The Morgan fingerprint density at radius 1 is 0.737 bits per heavy atom. The standard InChI is InChI=1S/C16H13NO2/c18-15-9-10-16(19)17(15)14-8-4-7-13(11-14)12-5-2-1-3-6-12/h1-8,11H,9-10H2. The zero-order valence-corrected chi connectivity index (χ0v) is 10.4. The first-order valence-corrected chi connectivity index (χ1v) is 6.27. The molecule has 1 aliphatic heterocycles. The number of carbonyl (C=O) groups is 2. The van der Waals surface area contributed by atoms with Gasteiger partial charge in [0.05, 0.1) is 5.69 Å². The second-order valence-corrected chi connectivity index (χ2v) is 4.54. The second-order valence-electron chi connectivity index (χ2n) is 4.54. The molecule has 3 nitrogen and oxygen atoms in total. The molecule has 3 rings (SSSR count). The lowest BCUT2D eigenvalue weighted by Gasteiger charge is -2.14. The van der Waals surface area contributed by atoms with E-state index in [0.717, 1.165) is 11.1 Å². The molecule has 0 radical (unpaired) electrons. The van der Waals surface area contributed by atoms with Crippen molar-refractivity contribution in [1.29, 1.82) is 0 Å². The van der Waals surface area contributed by atoms with Gasteiger partial charge in [-0.15, -0.1) is 0 Å². The van der Waals surface area contributed by atoms with E-state index in [-0.39, 0.29) is 11.8 Å². The SMILES string of the molecule is O=C1CCC(=O)N1c1cccc(-c2ccccc2)c1. The number of imide groups is 1. The summed E-state index contributed by atoms with van der Waals surface area (Å²) >= 11 is 0. The molecule has 1 aliphatic rings. The van der Waals surface area contributed by atoms with E-state index in [1.54, 1.807) is 6.07 Å². The van der Waals surface area contributed by atoms with Gasteiger partial charge in [0.1, 0.15) is 0 Å². The average Bonchev–Trinajstić information content (AvgIpc) is 2.79. The van der Waals surface area contributed by atoms with Crippen LogP contribution in [0.5, 0.6) is 0 Å². The lowest BCUT2D eigenvalue weighted by molar-refractivity contribution is -0.121. The molecule has 1 saturated heterocycles. The van der Waals surface area contributed by atoms with Crippen molar-refractivity contribution in [2.24, 2.45) is 0 Å². The van der Waals surface area contributed by atoms with Gasteiger partial charge in [-0.25, -0.2) is 0 Å². The maximum absolute atomic E-state index is 11.7. The lowest BCUT2D eigenvalue weighted by Crippen LogP contribution is -2.28. The predicted molar refractivity (Wildman–Crippen MR) is 73.6 cm³/mol. The third-order valence-corrected chi connectivity index (χ3v) is 3.26. The van der Waals surface area contributed by atoms with Crippen molar-refractivity contribution in [2.75, 3.05) is 4.90 Å². The van der Waals surface area contributed by atoms with E-state index in [2.05, 4.69) is 0 Å². The molecule has 0 aliphatic carbocycles. The Morgan fingerprint density at radius 2 is 1.37 bits per heavy atom. The van der Waals surface area contributed by atoms with Gasteiger partial charge in [0, 0.05) is 12.8 Å². The summed E-state index contributed by atoms with van der Waals surface area (Å²) in [6, 6.07) is 17.4. The quantitative estimate of drug-likeness (QED) is 0.769. The van der Waals surface area contributed by atoms with Crippen LogP contribution in [0.2, 0.25) is 0 Å². The summed E-state index contributed by atoms with van der Waals surface area (Å²) in [6.07, 6.45) is 0.628.